The molecule has 1 N–H and O–H groups in total. The van der Waals surface area contributed by atoms with Gasteiger partial charge in [0.2, 0.25) is 0 Å². The summed E-state index contributed by atoms with van der Waals surface area (Å²) < 4.78 is 5.42. The molecule has 0 unspecified atom stereocenters. The van der Waals surface area contributed by atoms with E-state index in [9.17, 15) is 14.7 Å². The number of hydrogen-bond donors (Lipinski definition) is 1. The third-order valence-electron chi connectivity index (χ3n) is 4.08. The molecule has 0 aliphatic heterocycles. The van der Waals surface area contributed by atoms with Crippen LogP contribution in [0.2, 0.25) is 0 Å². The summed E-state index contributed by atoms with van der Waals surface area (Å²) in [6.07, 6.45) is 7.59. The van der Waals surface area contributed by atoms with Crippen LogP contribution in [0.4, 0.5) is 0 Å². The van der Waals surface area contributed by atoms with Crippen LogP contribution in [0.15, 0.2) is 0 Å². The molecule has 0 heterocycles. The van der Waals surface area contributed by atoms with Crippen LogP contribution in [0.25, 0.3) is 0 Å². The second-order valence-corrected chi connectivity index (χ2v) is 5.26. The van der Waals surface area contributed by atoms with Crippen LogP contribution >= 0.6 is 0 Å². The molecule has 2 fully saturated rings. The topological polar surface area (TPSA) is 63.6 Å². The maximum atomic E-state index is 12.1. The Balaban J connectivity index is 1.99. The van der Waals surface area contributed by atoms with E-state index in [1.807, 2.05) is 0 Å². The lowest BCUT2D eigenvalue weighted by atomic mass is 9.86. The normalized spacial score (nSPS) is 24.5. The third kappa shape index (κ3) is 2.45. The van der Waals surface area contributed by atoms with E-state index >= 15 is 0 Å². The fraction of sp³-hybridized carbons (Fsp3) is 0.846. The molecular formula is C13H20O4. The largest absolute Gasteiger partial charge is 0.480 e. The first-order valence-electron chi connectivity index (χ1n) is 6.60. The van der Waals surface area contributed by atoms with Gasteiger partial charge in [0.05, 0.1) is 0 Å². The Morgan fingerprint density at radius 3 is 2.12 bits per heavy atom. The lowest BCUT2D eigenvalue weighted by molar-refractivity contribution is -0.173. The van der Waals surface area contributed by atoms with Crippen molar-refractivity contribution in [3.8, 4) is 0 Å². The predicted molar refractivity (Wildman–Crippen MR) is 61.5 cm³/mol. The van der Waals surface area contributed by atoms with Crippen molar-refractivity contribution in [1.29, 1.82) is 0 Å². The van der Waals surface area contributed by atoms with Gasteiger partial charge in [-0.05, 0) is 38.5 Å². The Labute approximate surface area is 101 Å². The molecule has 0 saturated heterocycles. The highest BCUT2D eigenvalue weighted by molar-refractivity contribution is 5.99. The minimum atomic E-state index is -1.24. The summed E-state index contributed by atoms with van der Waals surface area (Å²) in [6.45, 7) is 0. The van der Waals surface area contributed by atoms with Crippen molar-refractivity contribution >= 4 is 11.9 Å². The molecule has 2 aliphatic rings. The average Bonchev–Trinajstić information content (AvgIpc) is 2.80. The molecule has 0 radical (unpaired) electrons. The minimum absolute atomic E-state index is 0.0481. The van der Waals surface area contributed by atoms with E-state index in [-0.39, 0.29) is 6.10 Å². The highest BCUT2D eigenvalue weighted by Gasteiger charge is 2.50. The standard InChI is InChI=1S/C13H20O4/c14-11(15)13(8-4-5-9-13)12(16)17-10-6-2-1-3-7-10/h10H,1-9H2,(H,14,15). The van der Waals surface area contributed by atoms with Gasteiger partial charge in [0.25, 0.3) is 0 Å². The minimum Gasteiger partial charge on any atom is -0.480 e. The number of aliphatic carboxylic acids is 1. The summed E-state index contributed by atoms with van der Waals surface area (Å²) in [7, 11) is 0. The zero-order chi connectivity index (χ0) is 12.3. The number of hydrogen-bond acceptors (Lipinski definition) is 3. The van der Waals surface area contributed by atoms with Crippen LogP contribution in [-0.2, 0) is 14.3 Å². The summed E-state index contributed by atoms with van der Waals surface area (Å²) in [5, 5.41) is 9.26. The van der Waals surface area contributed by atoms with Gasteiger partial charge in [-0.25, -0.2) is 0 Å². The number of ether oxygens (including phenoxy) is 1. The number of carbonyl (C=O) groups excluding carboxylic acids is 1. The third-order valence-corrected chi connectivity index (χ3v) is 4.08. The zero-order valence-electron chi connectivity index (χ0n) is 10.1. The van der Waals surface area contributed by atoms with E-state index in [4.69, 9.17) is 4.74 Å². The number of esters is 1. The van der Waals surface area contributed by atoms with Crippen molar-refractivity contribution in [3.05, 3.63) is 0 Å². The summed E-state index contributed by atoms with van der Waals surface area (Å²) in [5.41, 5.74) is -1.24. The van der Waals surface area contributed by atoms with Crippen LogP contribution in [0.5, 0.6) is 0 Å². The molecule has 0 spiro atoms. The molecule has 96 valence electrons. The first kappa shape index (κ1) is 12.4. The molecule has 2 saturated carbocycles. The van der Waals surface area contributed by atoms with Crippen LogP contribution in [0.3, 0.4) is 0 Å². The molecule has 4 heteroatoms. The van der Waals surface area contributed by atoms with Gasteiger partial charge in [-0.2, -0.15) is 0 Å². The summed E-state index contributed by atoms with van der Waals surface area (Å²) >= 11 is 0. The molecule has 4 nitrogen and oxygen atoms in total. The summed E-state index contributed by atoms with van der Waals surface area (Å²) in [4.78, 5) is 23.4. The first-order valence-corrected chi connectivity index (χ1v) is 6.60. The first-order chi connectivity index (χ1) is 8.15. The molecule has 2 aliphatic carbocycles. The van der Waals surface area contributed by atoms with Gasteiger partial charge in [0.1, 0.15) is 6.10 Å². The van der Waals surface area contributed by atoms with Gasteiger partial charge >= 0.3 is 11.9 Å². The Kier molecular flexibility index (Phi) is 3.69. The van der Waals surface area contributed by atoms with E-state index in [1.165, 1.54) is 6.42 Å². The monoisotopic (exact) mass is 240 g/mol. The number of rotatable bonds is 3. The smallest absolute Gasteiger partial charge is 0.323 e. The number of carboxylic acids is 1. The Bertz CT molecular complexity index is 299. The zero-order valence-corrected chi connectivity index (χ0v) is 10.1. The van der Waals surface area contributed by atoms with Gasteiger partial charge < -0.3 is 9.84 Å². The number of carbonyl (C=O) groups is 2. The van der Waals surface area contributed by atoms with E-state index in [2.05, 4.69) is 0 Å². The molecule has 0 aromatic carbocycles. The highest BCUT2D eigenvalue weighted by Crippen LogP contribution is 2.40. The van der Waals surface area contributed by atoms with Crippen LogP contribution in [-0.4, -0.2) is 23.1 Å². The van der Waals surface area contributed by atoms with Gasteiger partial charge in [-0.15, -0.1) is 0 Å². The van der Waals surface area contributed by atoms with Crippen LogP contribution in [0, 0.1) is 5.41 Å². The van der Waals surface area contributed by atoms with E-state index < -0.39 is 17.4 Å². The SMILES string of the molecule is O=C(O)C1(C(=O)OC2CCCCC2)CCCC1. The fourth-order valence-electron chi connectivity index (χ4n) is 2.93. The van der Waals surface area contributed by atoms with E-state index in [0.717, 1.165) is 38.5 Å². The Hall–Kier alpha value is -1.06. The molecule has 0 bridgehead atoms. The van der Waals surface area contributed by atoms with Gasteiger partial charge in [-0.1, -0.05) is 19.3 Å². The maximum absolute atomic E-state index is 12.1. The van der Waals surface area contributed by atoms with Gasteiger partial charge in [0.15, 0.2) is 5.41 Å². The van der Waals surface area contributed by atoms with Crippen LogP contribution < -0.4 is 0 Å². The van der Waals surface area contributed by atoms with E-state index in [0.29, 0.717) is 12.8 Å². The van der Waals surface area contributed by atoms with Crippen molar-refractivity contribution in [3.63, 3.8) is 0 Å². The summed E-state index contributed by atoms with van der Waals surface area (Å²) in [6, 6.07) is 0. The average molecular weight is 240 g/mol. The molecule has 0 aromatic rings. The van der Waals surface area contributed by atoms with Crippen molar-refractivity contribution in [2.45, 2.75) is 63.9 Å². The lowest BCUT2D eigenvalue weighted by Crippen LogP contribution is -2.40. The van der Waals surface area contributed by atoms with Crippen molar-refractivity contribution in [2.24, 2.45) is 5.41 Å². The quantitative estimate of drug-likeness (QED) is 0.608. The van der Waals surface area contributed by atoms with Crippen molar-refractivity contribution in [2.75, 3.05) is 0 Å². The lowest BCUT2D eigenvalue weighted by Gasteiger charge is -2.27. The Morgan fingerprint density at radius 2 is 1.59 bits per heavy atom. The molecule has 2 rings (SSSR count). The molecule has 17 heavy (non-hydrogen) atoms. The second-order valence-electron chi connectivity index (χ2n) is 5.26. The molecule has 0 amide bonds. The highest BCUT2D eigenvalue weighted by atomic mass is 16.5. The molecular weight excluding hydrogens is 220 g/mol. The molecule has 0 atom stereocenters. The summed E-state index contributed by atoms with van der Waals surface area (Å²) in [5.74, 6) is -1.50. The van der Waals surface area contributed by atoms with Gasteiger partial charge in [0, 0.05) is 0 Å². The maximum Gasteiger partial charge on any atom is 0.323 e. The van der Waals surface area contributed by atoms with Gasteiger partial charge in [-0.3, -0.25) is 9.59 Å². The van der Waals surface area contributed by atoms with Crippen molar-refractivity contribution < 1.29 is 19.4 Å². The molecule has 0 aromatic heterocycles. The Morgan fingerprint density at radius 1 is 1.00 bits per heavy atom. The fourth-order valence-corrected chi connectivity index (χ4v) is 2.93. The second kappa shape index (κ2) is 5.07. The van der Waals surface area contributed by atoms with Crippen LogP contribution in [0.1, 0.15) is 57.8 Å². The number of carboxylic acid groups (broad SMARTS) is 1. The van der Waals surface area contributed by atoms with Crippen molar-refractivity contribution in [1.82, 2.24) is 0 Å². The van der Waals surface area contributed by atoms with E-state index in [1.54, 1.807) is 0 Å². The predicted octanol–water partition coefficient (Wildman–Crippen LogP) is 2.51.